The molecule has 3 rings (SSSR count). The highest BCUT2D eigenvalue weighted by Crippen LogP contribution is 2.29. The summed E-state index contributed by atoms with van der Waals surface area (Å²) in [4.78, 5) is 14.5. The van der Waals surface area contributed by atoms with E-state index in [1.165, 1.54) is 12.8 Å². The molecule has 0 bridgehead atoms. The summed E-state index contributed by atoms with van der Waals surface area (Å²) in [6.07, 6.45) is 6.13. The van der Waals surface area contributed by atoms with E-state index in [1.807, 2.05) is 12.1 Å². The van der Waals surface area contributed by atoms with Crippen molar-refractivity contribution in [1.82, 2.24) is 10.2 Å². The number of benzene rings is 1. The summed E-state index contributed by atoms with van der Waals surface area (Å²) >= 11 is 0. The van der Waals surface area contributed by atoms with Gasteiger partial charge in [-0.3, -0.25) is 9.69 Å². The molecule has 0 unspecified atom stereocenters. The zero-order valence-electron chi connectivity index (χ0n) is 14.3. The molecule has 24 heavy (non-hydrogen) atoms. The zero-order valence-corrected chi connectivity index (χ0v) is 14.3. The van der Waals surface area contributed by atoms with Crippen molar-refractivity contribution in [3.05, 3.63) is 29.8 Å². The lowest BCUT2D eigenvalue weighted by atomic mass is 9.77. The minimum absolute atomic E-state index is 0.0289. The molecule has 5 heteroatoms. The van der Waals surface area contributed by atoms with Crippen LogP contribution in [-0.4, -0.2) is 41.1 Å². The molecule has 1 atom stereocenters. The second kappa shape index (κ2) is 7.53. The maximum atomic E-state index is 12.1. The van der Waals surface area contributed by atoms with E-state index in [0.29, 0.717) is 11.7 Å². The lowest BCUT2D eigenvalue weighted by Gasteiger charge is -2.36. The zero-order chi connectivity index (χ0) is 17.0. The molecule has 2 fully saturated rings. The molecule has 0 spiro atoms. The number of phenols is 1. The molecular weight excluding hydrogens is 302 g/mol. The normalized spacial score (nSPS) is 23.5. The Labute approximate surface area is 144 Å². The maximum absolute atomic E-state index is 12.1. The highest BCUT2D eigenvalue weighted by Gasteiger charge is 2.39. The third-order valence-electron chi connectivity index (χ3n) is 5.46. The van der Waals surface area contributed by atoms with Crippen molar-refractivity contribution in [3.8, 4) is 5.75 Å². The van der Waals surface area contributed by atoms with E-state index in [4.69, 9.17) is 5.73 Å². The van der Waals surface area contributed by atoms with E-state index in [9.17, 15) is 9.90 Å². The van der Waals surface area contributed by atoms with Crippen molar-refractivity contribution in [2.45, 2.75) is 50.6 Å². The highest BCUT2D eigenvalue weighted by molar-refractivity contribution is 5.86. The molecule has 1 aliphatic carbocycles. The van der Waals surface area contributed by atoms with Crippen molar-refractivity contribution in [1.29, 1.82) is 0 Å². The number of likely N-dealkylation sites (tertiary alicyclic amines) is 1. The Balaban J connectivity index is 1.41. The molecule has 132 valence electrons. The van der Waals surface area contributed by atoms with Crippen LogP contribution < -0.4 is 11.1 Å². The van der Waals surface area contributed by atoms with Crippen LogP contribution in [-0.2, 0) is 11.3 Å². The molecule has 1 heterocycles. The van der Waals surface area contributed by atoms with Crippen molar-refractivity contribution in [2.24, 2.45) is 11.7 Å². The summed E-state index contributed by atoms with van der Waals surface area (Å²) in [6.45, 7) is 3.76. The molecule has 0 aromatic heterocycles. The van der Waals surface area contributed by atoms with Gasteiger partial charge in [-0.1, -0.05) is 12.1 Å². The van der Waals surface area contributed by atoms with Gasteiger partial charge in [0.25, 0.3) is 0 Å². The predicted octanol–water partition coefficient (Wildman–Crippen LogP) is 1.99. The summed E-state index contributed by atoms with van der Waals surface area (Å²) < 4.78 is 0. The fourth-order valence-electron chi connectivity index (χ4n) is 3.79. The lowest BCUT2D eigenvalue weighted by Crippen LogP contribution is -2.58. The summed E-state index contributed by atoms with van der Waals surface area (Å²) in [7, 11) is 0. The van der Waals surface area contributed by atoms with E-state index in [1.54, 1.807) is 6.07 Å². The van der Waals surface area contributed by atoms with Crippen LogP contribution in [0, 0.1) is 5.92 Å². The number of carbonyl (C=O) groups is 1. The highest BCUT2D eigenvalue weighted by atomic mass is 16.3. The summed E-state index contributed by atoms with van der Waals surface area (Å²) in [5.41, 5.74) is 6.61. The van der Waals surface area contributed by atoms with Gasteiger partial charge in [0.15, 0.2) is 0 Å². The topological polar surface area (TPSA) is 78.6 Å². The van der Waals surface area contributed by atoms with Crippen molar-refractivity contribution in [3.63, 3.8) is 0 Å². The van der Waals surface area contributed by atoms with Crippen molar-refractivity contribution < 1.29 is 9.90 Å². The van der Waals surface area contributed by atoms with Gasteiger partial charge in [-0.25, -0.2) is 0 Å². The maximum Gasteiger partial charge on any atom is 0.240 e. The molecule has 1 aliphatic heterocycles. The van der Waals surface area contributed by atoms with Gasteiger partial charge in [0.05, 0.1) is 5.54 Å². The first-order chi connectivity index (χ1) is 11.5. The number of piperidine rings is 1. The second-order valence-corrected chi connectivity index (χ2v) is 7.47. The number of phenolic OH excluding ortho intramolecular Hbond substituents is 1. The number of rotatable bonds is 6. The van der Waals surface area contributed by atoms with Crippen LogP contribution >= 0.6 is 0 Å². The molecule has 4 N–H and O–H groups in total. The van der Waals surface area contributed by atoms with Gasteiger partial charge in [-0.15, -0.1) is 0 Å². The predicted molar refractivity (Wildman–Crippen MR) is 94.5 cm³/mol. The standard InChI is InChI=1S/C19H29N3O2/c20-19(8-3-9-19)18(24)21-10-7-15-5-2-11-22(13-15)14-16-4-1-6-17(23)12-16/h1,4,6,12,15,23H,2-3,5,7-11,13-14,20H2,(H,21,24)/t15-/m1/s1. The quantitative estimate of drug-likeness (QED) is 0.745. The third kappa shape index (κ3) is 4.28. The molecule has 0 radical (unpaired) electrons. The van der Waals surface area contributed by atoms with Gasteiger partial charge < -0.3 is 16.2 Å². The molecule has 1 saturated carbocycles. The minimum Gasteiger partial charge on any atom is -0.508 e. The fourth-order valence-corrected chi connectivity index (χ4v) is 3.79. The van der Waals surface area contributed by atoms with E-state index in [2.05, 4.69) is 16.3 Å². The number of amides is 1. The average molecular weight is 331 g/mol. The SMILES string of the molecule is NC1(C(=O)NCC[C@H]2CCCN(Cc3cccc(O)c3)C2)CCC1. The summed E-state index contributed by atoms with van der Waals surface area (Å²) in [6, 6.07) is 7.49. The minimum atomic E-state index is -0.589. The number of aromatic hydroxyl groups is 1. The fraction of sp³-hybridized carbons (Fsp3) is 0.632. The number of carbonyl (C=O) groups excluding carboxylic acids is 1. The molecule has 1 aromatic rings. The van der Waals surface area contributed by atoms with Crippen LogP contribution in [0.5, 0.6) is 5.75 Å². The average Bonchev–Trinajstić information content (AvgIpc) is 2.53. The Morgan fingerprint density at radius 3 is 2.92 bits per heavy atom. The molecule has 2 aliphatic rings. The summed E-state index contributed by atoms with van der Waals surface area (Å²) in [5, 5.41) is 12.6. The van der Waals surface area contributed by atoms with Gasteiger partial charge in [0, 0.05) is 19.6 Å². The first-order valence-electron chi connectivity index (χ1n) is 9.13. The largest absolute Gasteiger partial charge is 0.508 e. The Morgan fingerprint density at radius 2 is 2.21 bits per heavy atom. The van der Waals surface area contributed by atoms with Crippen LogP contribution in [0.3, 0.4) is 0 Å². The summed E-state index contributed by atoms with van der Waals surface area (Å²) in [5.74, 6) is 0.975. The van der Waals surface area contributed by atoms with E-state index < -0.39 is 5.54 Å². The Hall–Kier alpha value is -1.59. The number of hydrogen-bond donors (Lipinski definition) is 3. The molecule has 1 amide bonds. The Kier molecular flexibility index (Phi) is 5.41. The lowest BCUT2D eigenvalue weighted by molar-refractivity contribution is -0.129. The van der Waals surface area contributed by atoms with Crippen LogP contribution in [0.15, 0.2) is 24.3 Å². The van der Waals surface area contributed by atoms with Crippen molar-refractivity contribution in [2.75, 3.05) is 19.6 Å². The number of nitrogens with one attached hydrogen (secondary N) is 1. The Morgan fingerprint density at radius 1 is 1.38 bits per heavy atom. The van der Waals surface area contributed by atoms with Crippen LogP contribution in [0.2, 0.25) is 0 Å². The monoisotopic (exact) mass is 331 g/mol. The van der Waals surface area contributed by atoms with Crippen LogP contribution in [0.1, 0.15) is 44.1 Å². The molecule has 1 saturated heterocycles. The number of nitrogens with zero attached hydrogens (tertiary/aromatic N) is 1. The first kappa shape index (κ1) is 17.2. The number of hydrogen-bond acceptors (Lipinski definition) is 4. The van der Waals surface area contributed by atoms with Gasteiger partial charge in [0.1, 0.15) is 5.75 Å². The first-order valence-corrected chi connectivity index (χ1v) is 9.13. The molecular formula is C19H29N3O2. The third-order valence-corrected chi connectivity index (χ3v) is 5.46. The van der Waals surface area contributed by atoms with E-state index >= 15 is 0 Å². The number of nitrogens with two attached hydrogens (primary N) is 1. The van der Waals surface area contributed by atoms with Crippen molar-refractivity contribution >= 4 is 5.91 Å². The van der Waals surface area contributed by atoms with Gasteiger partial charge >= 0.3 is 0 Å². The van der Waals surface area contributed by atoms with E-state index in [0.717, 1.165) is 57.4 Å². The molecule has 5 nitrogen and oxygen atoms in total. The van der Waals surface area contributed by atoms with Crippen LogP contribution in [0.25, 0.3) is 0 Å². The van der Waals surface area contributed by atoms with Gasteiger partial charge in [-0.2, -0.15) is 0 Å². The van der Waals surface area contributed by atoms with Crippen LogP contribution in [0.4, 0.5) is 0 Å². The van der Waals surface area contributed by atoms with Gasteiger partial charge in [0.2, 0.25) is 5.91 Å². The van der Waals surface area contributed by atoms with E-state index in [-0.39, 0.29) is 5.91 Å². The Bertz CT molecular complexity index is 571. The smallest absolute Gasteiger partial charge is 0.240 e. The second-order valence-electron chi connectivity index (χ2n) is 7.47. The molecule has 1 aromatic carbocycles. The van der Waals surface area contributed by atoms with Gasteiger partial charge in [-0.05, 0) is 68.7 Å².